The molecular weight excluding hydrogens is 328 g/mol. The van der Waals surface area contributed by atoms with Gasteiger partial charge in [0.05, 0.1) is 6.07 Å². The molecule has 1 N–H and O–H groups in total. The van der Waals surface area contributed by atoms with E-state index in [1.165, 1.54) is 0 Å². The third-order valence-corrected chi connectivity index (χ3v) is 4.67. The summed E-state index contributed by atoms with van der Waals surface area (Å²) in [6.07, 6.45) is 1.00. The Morgan fingerprint density at radius 3 is 2.38 bits per heavy atom. The minimum absolute atomic E-state index is 0.234. The Morgan fingerprint density at radius 1 is 1.19 bits per heavy atom. The molecule has 0 heterocycles. The number of halogens is 1. The van der Waals surface area contributed by atoms with Crippen LogP contribution in [-0.2, 0) is 4.79 Å². The molecule has 3 nitrogen and oxygen atoms in total. The van der Waals surface area contributed by atoms with Crippen molar-refractivity contribution in [3.8, 4) is 6.07 Å². The van der Waals surface area contributed by atoms with E-state index in [0.29, 0.717) is 12.8 Å². The average Bonchev–Trinajstić information content (AvgIpc) is 2.53. The van der Waals surface area contributed by atoms with Crippen LogP contribution < -0.4 is 5.32 Å². The Kier molecular flexibility index (Phi) is 4.64. The van der Waals surface area contributed by atoms with Gasteiger partial charge >= 0.3 is 0 Å². The van der Waals surface area contributed by atoms with E-state index in [0.717, 1.165) is 20.9 Å². The third kappa shape index (κ3) is 2.79. The topological polar surface area (TPSA) is 52.9 Å². The van der Waals surface area contributed by atoms with Gasteiger partial charge in [0, 0.05) is 15.5 Å². The predicted octanol–water partition coefficient (Wildman–Crippen LogP) is 4.87. The zero-order chi connectivity index (χ0) is 15.5. The smallest absolute Gasteiger partial charge is 0.244 e. The summed E-state index contributed by atoms with van der Waals surface area (Å²) in [5.41, 5.74) is -0.228. The molecule has 0 unspecified atom stereocenters. The van der Waals surface area contributed by atoms with Crippen molar-refractivity contribution in [1.29, 1.82) is 5.26 Å². The molecule has 0 aliphatic carbocycles. The number of anilines is 1. The summed E-state index contributed by atoms with van der Waals surface area (Å²) in [7, 11) is 0. The van der Waals surface area contributed by atoms with Gasteiger partial charge in [-0.2, -0.15) is 5.26 Å². The maximum absolute atomic E-state index is 12.5. The second-order valence-electron chi connectivity index (χ2n) is 5.00. The van der Waals surface area contributed by atoms with Crippen molar-refractivity contribution in [3.63, 3.8) is 0 Å². The molecule has 0 aliphatic rings. The normalized spacial score (nSPS) is 11.1. The molecule has 2 aromatic carbocycles. The molecule has 2 aromatic rings. The number of rotatable bonds is 4. The summed E-state index contributed by atoms with van der Waals surface area (Å²) in [6.45, 7) is 3.73. The van der Waals surface area contributed by atoms with Crippen LogP contribution in [0, 0.1) is 16.7 Å². The molecule has 2 rings (SSSR count). The molecule has 108 valence electrons. The zero-order valence-corrected chi connectivity index (χ0v) is 13.7. The number of nitrogens with zero attached hydrogens (tertiary/aromatic N) is 1. The quantitative estimate of drug-likeness (QED) is 0.859. The van der Waals surface area contributed by atoms with Crippen LogP contribution in [0.2, 0.25) is 0 Å². The Labute approximate surface area is 133 Å². The highest BCUT2D eigenvalue weighted by Crippen LogP contribution is 2.32. The van der Waals surface area contributed by atoms with E-state index in [4.69, 9.17) is 0 Å². The van der Waals surface area contributed by atoms with Crippen molar-refractivity contribution >= 4 is 38.3 Å². The van der Waals surface area contributed by atoms with E-state index in [1.807, 2.05) is 50.2 Å². The van der Waals surface area contributed by atoms with E-state index < -0.39 is 5.41 Å². The van der Waals surface area contributed by atoms with Crippen LogP contribution in [-0.4, -0.2) is 5.91 Å². The maximum atomic E-state index is 12.5. The highest BCUT2D eigenvalue weighted by molar-refractivity contribution is 9.10. The van der Waals surface area contributed by atoms with E-state index in [-0.39, 0.29) is 5.91 Å². The van der Waals surface area contributed by atoms with Gasteiger partial charge in [0.2, 0.25) is 5.91 Å². The molecular formula is C17H17BrN2O. The molecule has 0 radical (unpaired) electrons. The highest BCUT2D eigenvalue weighted by atomic mass is 79.9. The van der Waals surface area contributed by atoms with Crippen molar-refractivity contribution in [1.82, 2.24) is 0 Å². The van der Waals surface area contributed by atoms with Crippen LogP contribution in [0.3, 0.4) is 0 Å². The van der Waals surface area contributed by atoms with Crippen molar-refractivity contribution in [2.24, 2.45) is 5.41 Å². The van der Waals surface area contributed by atoms with E-state index >= 15 is 0 Å². The van der Waals surface area contributed by atoms with Crippen molar-refractivity contribution in [3.05, 3.63) is 40.9 Å². The molecule has 1 amide bonds. The van der Waals surface area contributed by atoms with Crippen LogP contribution in [0.5, 0.6) is 0 Å². The second-order valence-corrected chi connectivity index (χ2v) is 5.85. The molecule has 0 saturated carbocycles. The first kappa shape index (κ1) is 15.5. The number of benzene rings is 2. The summed E-state index contributed by atoms with van der Waals surface area (Å²) >= 11 is 3.51. The van der Waals surface area contributed by atoms with Crippen LogP contribution in [0.4, 0.5) is 5.69 Å². The number of nitriles is 1. The number of amides is 1. The molecule has 0 aliphatic heterocycles. The van der Waals surface area contributed by atoms with Gasteiger partial charge in [-0.05, 0) is 30.4 Å². The fourth-order valence-corrected chi connectivity index (χ4v) is 2.87. The number of hydrogen-bond acceptors (Lipinski definition) is 2. The first-order chi connectivity index (χ1) is 10.1. The van der Waals surface area contributed by atoms with Crippen LogP contribution in [0.1, 0.15) is 26.7 Å². The number of carbonyl (C=O) groups excluding carboxylic acids is 1. The summed E-state index contributed by atoms with van der Waals surface area (Å²) in [5.74, 6) is -0.234. The minimum atomic E-state index is -0.964. The molecule has 4 heteroatoms. The molecule has 0 spiro atoms. The zero-order valence-electron chi connectivity index (χ0n) is 12.1. The lowest BCUT2D eigenvalue weighted by Gasteiger charge is -2.22. The van der Waals surface area contributed by atoms with Gasteiger partial charge in [-0.15, -0.1) is 0 Å². The fourth-order valence-electron chi connectivity index (χ4n) is 2.39. The monoisotopic (exact) mass is 344 g/mol. The van der Waals surface area contributed by atoms with Crippen molar-refractivity contribution in [2.75, 3.05) is 5.32 Å². The number of hydrogen-bond donors (Lipinski definition) is 1. The van der Waals surface area contributed by atoms with Gasteiger partial charge < -0.3 is 5.32 Å². The highest BCUT2D eigenvalue weighted by Gasteiger charge is 2.35. The van der Waals surface area contributed by atoms with Gasteiger partial charge in [0.25, 0.3) is 0 Å². The van der Waals surface area contributed by atoms with Crippen molar-refractivity contribution in [2.45, 2.75) is 26.7 Å². The molecule has 0 fully saturated rings. The summed E-state index contributed by atoms with van der Waals surface area (Å²) in [6, 6.07) is 13.8. The first-order valence-electron chi connectivity index (χ1n) is 6.98. The minimum Gasteiger partial charge on any atom is -0.324 e. The predicted molar refractivity (Wildman–Crippen MR) is 88.9 cm³/mol. The Morgan fingerprint density at radius 2 is 1.81 bits per heavy atom. The largest absolute Gasteiger partial charge is 0.324 e. The summed E-state index contributed by atoms with van der Waals surface area (Å²) in [5, 5.41) is 14.3. The third-order valence-electron chi connectivity index (χ3n) is 3.97. The van der Waals surface area contributed by atoms with Crippen molar-refractivity contribution < 1.29 is 4.79 Å². The van der Waals surface area contributed by atoms with Gasteiger partial charge in [0.1, 0.15) is 5.41 Å². The van der Waals surface area contributed by atoms with Gasteiger partial charge in [-0.1, -0.05) is 54.0 Å². The van der Waals surface area contributed by atoms with Crippen LogP contribution >= 0.6 is 15.9 Å². The summed E-state index contributed by atoms with van der Waals surface area (Å²) in [4.78, 5) is 12.5. The lowest BCUT2D eigenvalue weighted by Crippen LogP contribution is -2.34. The van der Waals surface area contributed by atoms with E-state index in [1.54, 1.807) is 0 Å². The SMILES string of the molecule is CCC(C#N)(CC)C(=O)Nc1ccc(Br)c2ccccc12. The number of nitrogens with one attached hydrogen (secondary N) is 1. The first-order valence-corrected chi connectivity index (χ1v) is 7.77. The van der Waals surface area contributed by atoms with Gasteiger partial charge in [-0.3, -0.25) is 4.79 Å². The number of carbonyl (C=O) groups is 1. The van der Waals surface area contributed by atoms with Crippen LogP contribution in [0.25, 0.3) is 10.8 Å². The lowest BCUT2D eigenvalue weighted by molar-refractivity contribution is -0.123. The Balaban J connectivity index is 2.44. The molecule has 0 aromatic heterocycles. The molecule has 0 bridgehead atoms. The molecule has 0 saturated heterocycles. The van der Waals surface area contributed by atoms with Crippen LogP contribution in [0.15, 0.2) is 40.9 Å². The second kappa shape index (κ2) is 6.28. The van der Waals surface area contributed by atoms with Gasteiger partial charge in [0.15, 0.2) is 0 Å². The standard InChI is InChI=1S/C17H17BrN2O/c1-3-17(4-2,11-19)16(21)20-15-10-9-14(18)12-7-5-6-8-13(12)15/h5-10H,3-4H2,1-2H3,(H,20,21). The Bertz CT molecular complexity index is 714. The number of fused-ring (bicyclic) bond motifs is 1. The van der Waals surface area contributed by atoms with Gasteiger partial charge in [-0.25, -0.2) is 0 Å². The fraction of sp³-hybridized carbons (Fsp3) is 0.294. The summed E-state index contributed by atoms with van der Waals surface area (Å²) < 4.78 is 0.980. The maximum Gasteiger partial charge on any atom is 0.244 e. The van der Waals surface area contributed by atoms with E-state index in [9.17, 15) is 10.1 Å². The van der Waals surface area contributed by atoms with E-state index in [2.05, 4.69) is 27.3 Å². The Hall–Kier alpha value is -1.86. The molecule has 21 heavy (non-hydrogen) atoms. The average molecular weight is 345 g/mol. The molecule has 0 atom stereocenters. The lowest BCUT2D eigenvalue weighted by atomic mass is 9.83.